The van der Waals surface area contributed by atoms with Gasteiger partial charge in [-0.3, -0.25) is 0 Å². The SMILES string of the molecule is CCCC(F)(CN)c1cccc(OC2CC2)c1. The summed E-state index contributed by atoms with van der Waals surface area (Å²) >= 11 is 0. The van der Waals surface area contributed by atoms with E-state index in [9.17, 15) is 4.39 Å². The van der Waals surface area contributed by atoms with Crippen LogP contribution in [-0.2, 0) is 5.67 Å². The molecule has 1 aromatic rings. The summed E-state index contributed by atoms with van der Waals surface area (Å²) in [7, 11) is 0. The third kappa shape index (κ3) is 2.97. The van der Waals surface area contributed by atoms with E-state index in [0.29, 0.717) is 18.1 Å². The number of benzene rings is 1. The van der Waals surface area contributed by atoms with Crippen LogP contribution in [-0.4, -0.2) is 12.6 Å². The van der Waals surface area contributed by atoms with Crippen LogP contribution in [0.4, 0.5) is 4.39 Å². The molecule has 2 nitrogen and oxygen atoms in total. The van der Waals surface area contributed by atoms with E-state index in [4.69, 9.17) is 10.5 Å². The summed E-state index contributed by atoms with van der Waals surface area (Å²) in [4.78, 5) is 0. The molecule has 2 N–H and O–H groups in total. The average molecular weight is 237 g/mol. The minimum Gasteiger partial charge on any atom is -0.490 e. The smallest absolute Gasteiger partial charge is 0.148 e. The van der Waals surface area contributed by atoms with Crippen molar-refractivity contribution in [2.45, 2.75) is 44.4 Å². The van der Waals surface area contributed by atoms with Gasteiger partial charge in [0.15, 0.2) is 0 Å². The number of rotatable bonds is 6. The van der Waals surface area contributed by atoms with Gasteiger partial charge >= 0.3 is 0 Å². The molecule has 0 radical (unpaired) electrons. The Morgan fingerprint density at radius 1 is 1.47 bits per heavy atom. The molecule has 94 valence electrons. The molecule has 1 atom stereocenters. The van der Waals surface area contributed by atoms with E-state index in [0.717, 1.165) is 25.0 Å². The Morgan fingerprint density at radius 3 is 2.82 bits per heavy atom. The lowest BCUT2D eigenvalue weighted by Crippen LogP contribution is -2.30. The Hall–Kier alpha value is -1.09. The number of hydrogen-bond acceptors (Lipinski definition) is 2. The quantitative estimate of drug-likeness (QED) is 0.825. The van der Waals surface area contributed by atoms with Crippen molar-refractivity contribution in [1.82, 2.24) is 0 Å². The van der Waals surface area contributed by atoms with Crippen molar-refractivity contribution in [3.8, 4) is 5.75 Å². The van der Waals surface area contributed by atoms with Gasteiger partial charge in [0, 0.05) is 6.54 Å². The van der Waals surface area contributed by atoms with Crippen molar-refractivity contribution >= 4 is 0 Å². The molecule has 0 aliphatic heterocycles. The summed E-state index contributed by atoms with van der Waals surface area (Å²) in [6, 6.07) is 7.31. The third-order valence-electron chi connectivity index (χ3n) is 3.15. The van der Waals surface area contributed by atoms with E-state index < -0.39 is 5.67 Å². The average Bonchev–Trinajstić information content (AvgIpc) is 3.13. The van der Waals surface area contributed by atoms with Crippen LogP contribution in [0.3, 0.4) is 0 Å². The van der Waals surface area contributed by atoms with Gasteiger partial charge in [-0.1, -0.05) is 25.5 Å². The predicted molar refractivity (Wildman–Crippen MR) is 66.8 cm³/mol. The number of ether oxygens (including phenoxy) is 1. The highest BCUT2D eigenvalue weighted by Crippen LogP contribution is 2.34. The van der Waals surface area contributed by atoms with Crippen LogP contribution in [0.15, 0.2) is 24.3 Å². The van der Waals surface area contributed by atoms with Crippen LogP contribution in [0.1, 0.15) is 38.2 Å². The van der Waals surface area contributed by atoms with E-state index in [1.54, 1.807) is 12.1 Å². The molecule has 3 heteroatoms. The molecule has 0 heterocycles. The Labute approximate surface area is 102 Å². The summed E-state index contributed by atoms with van der Waals surface area (Å²) in [6.07, 6.45) is 3.79. The maximum Gasteiger partial charge on any atom is 0.148 e. The standard InChI is InChI=1S/C14H20FNO/c1-2-8-14(15,10-16)11-4-3-5-13(9-11)17-12-6-7-12/h3-5,9,12H,2,6-8,10,16H2,1H3. The topological polar surface area (TPSA) is 35.2 Å². The molecular weight excluding hydrogens is 217 g/mol. The fourth-order valence-corrected chi connectivity index (χ4v) is 1.99. The van der Waals surface area contributed by atoms with Crippen LogP contribution >= 0.6 is 0 Å². The van der Waals surface area contributed by atoms with Gasteiger partial charge in [-0.2, -0.15) is 0 Å². The zero-order chi connectivity index (χ0) is 12.3. The normalized spacial score (nSPS) is 18.8. The van der Waals surface area contributed by atoms with E-state index in [1.807, 2.05) is 19.1 Å². The molecule has 0 amide bonds. The van der Waals surface area contributed by atoms with Gasteiger partial charge < -0.3 is 10.5 Å². The summed E-state index contributed by atoms with van der Waals surface area (Å²) in [5.41, 5.74) is 4.79. The molecule has 0 aromatic heterocycles. The van der Waals surface area contributed by atoms with Crippen molar-refractivity contribution in [1.29, 1.82) is 0 Å². The third-order valence-corrected chi connectivity index (χ3v) is 3.15. The first kappa shape index (κ1) is 12.4. The molecule has 1 aliphatic rings. The molecule has 0 spiro atoms. The van der Waals surface area contributed by atoms with Crippen LogP contribution < -0.4 is 10.5 Å². The Bertz CT molecular complexity index is 378. The van der Waals surface area contributed by atoms with Crippen molar-refractivity contribution in [2.75, 3.05) is 6.54 Å². The van der Waals surface area contributed by atoms with Gasteiger partial charge in [0.25, 0.3) is 0 Å². The second-order valence-corrected chi connectivity index (χ2v) is 4.76. The lowest BCUT2D eigenvalue weighted by atomic mass is 9.91. The number of alkyl halides is 1. The van der Waals surface area contributed by atoms with Gasteiger partial charge in [-0.25, -0.2) is 4.39 Å². The fraction of sp³-hybridized carbons (Fsp3) is 0.571. The van der Waals surface area contributed by atoms with Crippen LogP contribution in [0.25, 0.3) is 0 Å². The van der Waals surface area contributed by atoms with Crippen LogP contribution in [0, 0.1) is 0 Å². The van der Waals surface area contributed by atoms with Crippen molar-refractivity contribution in [3.63, 3.8) is 0 Å². The molecule has 17 heavy (non-hydrogen) atoms. The minimum atomic E-state index is -1.42. The predicted octanol–water partition coefficient (Wildman–Crippen LogP) is 3.15. The van der Waals surface area contributed by atoms with Crippen LogP contribution in [0.2, 0.25) is 0 Å². The fourth-order valence-electron chi connectivity index (χ4n) is 1.99. The molecule has 1 saturated carbocycles. The summed E-state index contributed by atoms with van der Waals surface area (Å²) in [5, 5.41) is 0. The molecule has 2 rings (SSSR count). The van der Waals surface area contributed by atoms with E-state index in [-0.39, 0.29) is 6.54 Å². The Balaban J connectivity index is 2.17. The first-order valence-electron chi connectivity index (χ1n) is 6.34. The maximum absolute atomic E-state index is 14.6. The summed E-state index contributed by atoms with van der Waals surface area (Å²) < 4.78 is 20.3. The van der Waals surface area contributed by atoms with E-state index in [1.165, 1.54) is 0 Å². The first-order chi connectivity index (χ1) is 8.18. The van der Waals surface area contributed by atoms with Gasteiger partial charge in [-0.05, 0) is 37.0 Å². The Kier molecular flexibility index (Phi) is 3.67. The zero-order valence-corrected chi connectivity index (χ0v) is 10.3. The molecule has 1 aromatic carbocycles. The number of nitrogens with two attached hydrogens (primary N) is 1. The second-order valence-electron chi connectivity index (χ2n) is 4.76. The zero-order valence-electron chi connectivity index (χ0n) is 10.3. The molecule has 1 unspecified atom stereocenters. The molecule has 1 fully saturated rings. The van der Waals surface area contributed by atoms with Gasteiger partial charge in [-0.15, -0.1) is 0 Å². The first-order valence-corrected chi connectivity index (χ1v) is 6.34. The molecule has 1 aliphatic carbocycles. The lowest BCUT2D eigenvalue weighted by molar-refractivity contribution is 0.158. The van der Waals surface area contributed by atoms with Gasteiger partial charge in [0.1, 0.15) is 11.4 Å². The van der Waals surface area contributed by atoms with Gasteiger partial charge in [0.05, 0.1) is 6.10 Å². The highest BCUT2D eigenvalue weighted by Gasteiger charge is 2.30. The lowest BCUT2D eigenvalue weighted by Gasteiger charge is -2.24. The highest BCUT2D eigenvalue weighted by molar-refractivity contribution is 5.33. The summed E-state index contributed by atoms with van der Waals surface area (Å²) in [6.45, 7) is 1.99. The van der Waals surface area contributed by atoms with Crippen molar-refractivity contribution < 1.29 is 9.13 Å². The number of halogens is 1. The molecule has 0 saturated heterocycles. The minimum absolute atomic E-state index is 0.0215. The highest BCUT2D eigenvalue weighted by atomic mass is 19.1. The summed E-state index contributed by atoms with van der Waals surface area (Å²) in [5.74, 6) is 0.761. The van der Waals surface area contributed by atoms with Crippen molar-refractivity contribution in [3.05, 3.63) is 29.8 Å². The second kappa shape index (κ2) is 5.05. The van der Waals surface area contributed by atoms with Gasteiger partial charge in [0.2, 0.25) is 0 Å². The van der Waals surface area contributed by atoms with Crippen LogP contribution in [0.5, 0.6) is 5.75 Å². The van der Waals surface area contributed by atoms with E-state index in [2.05, 4.69) is 0 Å². The monoisotopic (exact) mass is 237 g/mol. The Morgan fingerprint density at radius 2 is 2.24 bits per heavy atom. The molecular formula is C14H20FNO. The van der Waals surface area contributed by atoms with E-state index >= 15 is 0 Å². The number of hydrogen-bond donors (Lipinski definition) is 1. The largest absolute Gasteiger partial charge is 0.490 e. The van der Waals surface area contributed by atoms with Crippen molar-refractivity contribution in [2.24, 2.45) is 5.73 Å². The maximum atomic E-state index is 14.6. The molecule has 0 bridgehead atoms.